The molecule has 0 saturated heterocycles. The Labute approximate surface area is 152 Å². The predicted octanol–water partition coefficient (Wildman–Crippen LogP) is 4.80. The van der Waals surface area contributed by atoms with Gasteiger partial charge in [0.05, 0.1) is 18.4 Å². The van der Waals surface area contributed by atoms with E-state index in [0.717, 1.165) is 31.1 Å². The number of amides is 1. The van der Waals surface area contributed by atoms with Crippen molar-refractivity contribution < 1.29 is 23.9 Å². The number of rotatable bonds is 6. The van der Waals surface area contributed by atoms with E-state index in [4.69, 9.17) is 4.74 Å². The molecule has 0 saturated carbocycles. The maximum atomic E-state index is 14.3. The van der Waals surface area contributed by atoms with Crippen molar-refractivity contribution in [1.82, 2.24) is 0 Å². The van der Waals surface area contributed by atoms with Crippen LogP contribution in [0.4, 0.5) is 14.9 Å². The Morgan fingerprint density at radius 3 is 2.50 bits per heavy atom. The van der Waals surface area contributed by atoms with Gasteiger partial charge in [-0.3, -0.25) is 5.21 Å². The lowest BCUT2D eigenvalue weighted by molar-refractivity contribution is 0.140. The maximum absolute atomic E-state index is 14.3. The van der Waals surface area contributed by atoms with Crippen molar-refractivity contribution >= 4 is 11.8 Å². The maximum Gasteiger partial charge on any atom is 0.438 e. The van der Waals surface area contributed by atoms with Crippen LogP contribution in [0.2, 0.25) is 0 Å². The number of hydroxylamine groups is 1. The normalized spacial score (nSPS) is 10.5. The number of hydrogen-bond donors (Lipinski definition) is 1. The van der Waals surface area contributed by atoms with Crippen molar-refractivity contribution in [2.75, 3.05) is 12.2 Å². The Morgan fingerprint density at radius 1 is 1.19 bits per heavy atom. The summed E-state index contributed by atoms with van der Waals surface area (Å²) < 4.78 is 24.6. The van der Waals surface area contributed by atoms with Gasteiger partial charge in [0.2, 0.25) is 0 Å². The first-order valence-electron chi connectivity index (χ1n) is 8.52. The zero-order chi connectivity index (χ0) is 19.3. The molecular weight excluding hydrogens is 337 g/mol. The molecule has 0 aliphatic rings. The molecular formula is C20H24FNO4. The van der Waals surface area contributed by atoms with Crippen LogP contribution in [0.15, 0.2) is 30.3 Å². The van der Waals surface area contributed by atoms with E-state index in [9.17, 15) is 14.4 Å². The summed E-state index contributed by atoms with van der Waals surface area (Å²) in [4.78, 5) is 11.6. The summed E-state index contributed by atoms with van der Waals surface area (Å²) in [5, 5.41) is 10.2. The Kier molecular flexibility index (Phi) is 6.58. The highest BCUT2D eigenvalue weighted by atomic mass is 19.1. The molecule has 1 N–H and O–H groups in total. The van der Waals surface area contributed by atoms with Gasteiger partial charge in [-0.25, -0.2) is 9.18 Å². The highest BCUT2D eigenvalue weighted by molar-refractivity contribution is 5.85. The van der Waals surface area contributed by atoms with Crippen LogP contribution in [-0.4, -0.2) is 18.4 Å². The van der Waals surface area contributed by atoms with E-state index < -0.39 is 11.9 Å². The molecule has 0 unspecified atom stereocenters. The van der Waals surface area contributed by atoms with Gasteiger partial charge < -0.3 is 9.47 Å². The monoisotopic (exact) mass is 361 g/mol. The summed E-state index contributed by atoms with van der Waals surface area (Å²) in [6.07, 6.45) is 0.699. The summed E-state index contributed by atoms with van der Waals surface area (Å²) in [6.45, 7) is 6.00. The summed E-state index contributed by atoms with van der Waals surface area (Å²) in [5.74, 6) is 0.0874. The van der Waals surface area contributed by atoms with Gasteiger partial charge in [-0.05, 0) is 54.7 Å². The number of methoxy groups -OCH3 is 1. The summed E-state index contributed by atoms with van der Waals surface area (Å²) in [6, 6.07) is 8.11. The number of anilines is 1. The van der Waals surface area contributed by atoms with Crippen LogP contribution in [-0.2, 0) is 24.2 Å². The lowest BCUT2D eigenvalue weighted by Gasteiger charge is -2.19. The summed E-state index contributed by atoms with van der Waals surface area (Å²) in [5.41, 5.74) is 3.43. The third-order valence-corrected chi connectivity index (χ3v) is 4.32. The van der Waals surface area contributed by atoms with Crippen LogP contribution >= 0.6 is 0 Å². The molecule has 1 amide bonds. The van der Waals surface area contributed by atoms with Gasteiger partial charge in [0.1, 0.15) is 18.2 Å². The number of benzene rings is 2. The molecule has 2 aromatic carbocycles. The summed E-state index contributed by atoms with van der Waals surface area (Å²) >= 11 is 0. The van der Waals surface area contributed by atoms with Crippen molar-refractivity contribution in [3.8, 4) is 5.75 Å². The first-order chi connectivity index (χ1) is 12.4. The fourth-order valence-corrected chi connectivity index (χ4v) is 2.79. The average Bonchev–Trinajstić information content (AvgIpc) is 2.65. The Bertz CT molecular complexity index is 792. The molecule has 0 fully saturated rings. The SMILES string of the molecule is CCc1cc(CC)c(OCc2c(F)cccc2N(O)C(=O)OC)cc1C. The highest BCUT2D eigenvalue weighted by Crippen LogP contribution is 2.28. The van der Waals surface area contributed by atoms with Crippen LogP contribution in [0.3, 0.4) is 0 Å². The van der Waals surface area contributed by atoms with Crippen LogP contribution in [0.1, 0.15) is 36.1 Å². The zero-order valence-electron chi connectivity index (χ0n) is 15.5. The molecule has 0 radical (unpaired) electrons. The lowest BCUT2D eigenvalue weighted by Crippen LogP contribution is -2.28. The fraction of sp³-hybridized carbons (Fsp3) is 0.350. The van der Waals surface area contributed by atoms with Gasteiger partial charge in [0, 0.05) is 0 Å². The molecule has 0 aliphatic heterocycles. The number of halogens is 1. The average molecular weight is 361 g/mol. The molecule has 2 rings (SSSR count). The Balaban J connectivity index is 2.33. The van der Waals surface area contributed by atoms with Gasteiger partial charge in [-0.2, -0.15) is 5.06 Å². The third-order valence-electron chi connectivity index (χ3n) is 4.32. The molecule has 6 heteroatoms. The van der Waals surface area contributed by atoms with Crippen molar-refractivity contribution in [3.05, 3.63) is 58.4 Å². The predicted molar refractivity (Wildman–Crippen MR) is 97.3 cm³/mol. The minimum absolute atomic E-state index is 0.0169. The second kappa shape index (κ2) is 8.67. The van der Waals surface area contributed by atoms with E-state index in [1.54, 1.807) is 0 Å². The smallest absolute Gasteiger partial charge is 0.438 e. The standard InChI is InChI=1S/C20H24FNO4/c1-5-14-11-15(6-2)19(10-13(14)3)26-12-16-17(21)8-7-9-18(16)22(24)20(23)25-4/h7-11,24H,5-6,12H2,1-4H3. The van der Waals surface area contributed by atoms with E-state index in [1.165, 1.54) is 23.8 Å². The summed E-state index contributed by atoms with van der Waals surface area (Å²) in [7, 11) is 1.13. The van der Waals surface area contributed by atoms with Crippen molar-refractivity contribution in [2.45, 2.75) is 40.2 Å². The van der Waals surface area contributed by atoms with Crippen molar-refractivity contribution in [2.24, 2.45) is 0 Å². The molecule has 2 aromatic rings. The minimum Gasteiger partial charge on any atom is -0.488 e. The first-order valence-corrected chi connectivity index (χ1v) is 8.52. The minimum atomic E-state index is -1.01. The van der Waals surface area contributed by atoms with Gasteiger partial charge in [-0.1, -0.05) is 26.0 Å². The zero-order valence-corrected chi connectivity index (χ0v) is 15.5. The second-order valence-electron chi connectivity index (χ2n) is 5.90. The second-order valence-corrected chi connectivity index (χ2v) is 5.90. The van der Waals surface area contributed by atoms with Gasteiger partial charge >= 0.3 is 6.09 Å². The molecule has 0 aliphatic carbocycles. The molecule has 26 heavy (non-hydrogen) atoms. The van der Waals surface area contributed by atoms with Crippen LogP contribution in [0, 0.1) is 12.7 Å². The third kappa shape index (κ3) is 4.14. The van der Waals surface area contributed by atoms with E-state index >= 15 is 0 Å². The fourth-order valence-electron chi connectivity index (χ4n) is 2.79. The number of aryl methyl sites for hydroxylation is 3. The van der Waals surface area contributed by atoms with E-state index in [1.807, 2.05) is 19.9 Å². The van der Waals surface area contributed by atoms with E-state index in [2.05, 4.69) is 17.7 Å². The molecule has 0 heterocycles. The van der Waals surface area contributed by atoms with Crippen LogP contribution in [0.25, 0.3) is 0 Å². The number of ether oxygens (including phenoxy) is 2. The lowest BCUT2D eigenvalue weighted by atomic mass is 10.0. The number of carbonyl (C=O) groups excluding carboxylic acids is 1. The molecule has 0 atom stereocenters. The molecule has 0 aromatic heterocycles. The van der Waals surface area contributed by atoms with Crippen molar-refractivity contribution in [1.29, 1.82) is 0 Å². The van der Waals surface area contributed by atoms with Crippen molar-refractivity contribution in [3.63, 3.8) is 0 Å². The Hall–Kier alpha value is -2.60. The number of nitrogens with zero attached hydrogens (tertiary/aromatic N) is 1. The molecule has 0 spiro atoms. The van der Waals surface area contributed by atoms with E-state index in [0.29, 0.717) is 5.75 Å². The topological polar surface area (TPSA) is 59.0 Å². The quantitative estimate of drug-likeness (QED) is 0.593. The van der Waals surface area contributed by atoms with E-state index in [-0.39, 0.29) is 22.9 Å². The van der Waals surface area contributed by atoms with Crippen LogP contribution < -0.4 is 9.80 Å². The Morgan fingerprint density at radius 2 is 1.88 bits per heavy atom. The number of hydrogen-bond acceptors (Lipinski definition) is 4. The van der Waals surface area contributed by atoms with Gasteiger partial charge in [0.15, 0.2) is 0 Å². The molecule has 5 nitrogen and oxygen atoms in total. The first kappa shape index (κ1) is 19.7. The van der Waals surface area contributed by atoms with Gasteiger partial charge in [0.25, 0.3) is 0 Å². The largest absolute Gasteiger partial charge is 0.488 e. The van der Waals surface area contributed by atoms with Crippen LogP contribution in [0.5, 0.6) is 5.75 Å². The number of carbonyl (C=O) groups is 1. The van der Waals surface area contributed by atoms with Gasteiger partial charge in [-0.15, -0.1) is 0 Å². The molecule has 0 bridgehead atoms. The highest BCUT2D eigenvalue weighted by Gasteiger charge is 2.20. The molecule has 140 valence electrons.